The normalized spacial score (nSPS) is 12.4. The summed E-state index contributed by atoms with van der Waals surface area (Å²) in [6.45, 7) is 0.756. The first kappa shape index (κ1) is 16.1. The van der Waals surface area contributed by atoms with E-state index in [9.17, 15) is 8.78 Å². The van der Waals surface area contributed by atoms with Gasteiger partial charge >= 0.3 is 0 Å². The van der Waals surface area contributed by atoms with Crippen molar-refractivity contribution in [2.24, 2.45) is 5.92 Å². The Bertz CT molecular complexity index is 584. The molecule has 0 heterocycles. The van der Waals surface area contributed by atoms with E-state index in [4.69, 9.17) is 0 Å². The van der Waals surface area contributed by atoms with Crippen molar-refractivity contribution in [3.63, 3.8) is 0 Å². The van der Waals surface area contributed by atoms with Crippen LogP contribution in [0.3, 0.4) is 0 Å². The van der Waals surface area contributed by atoms with Gasteiger partial charge in [0.2, 0.25) is 0 Å². The first-order valence-corrected chi connectivity index (χ1v) is 7.70. The number of nitrogens with one attached hydrogen (secondary N) is 1. The maximum Gasteiger partial charge on any atom is 0.126 e. The summed E-state index contributed by atoms with van der Waals surface area (Å²) in [7, 11) is 1.87. The van der Waals surface area contributed by atoms with Crippen LogP contribution in [-0.4, -0.2) is 13.6 Å². The summed E-state index contributed by atoms with van der Waals surface area (Å²) in [4.78, 5) is 0. The van der Waals surface area contributed by atoms with Gasteiger partial charge in [-0.15, -0.1) is 0 Å². The van der Waals surface area contributed by atoms with Crippen LogP contribution in [0.15, 0.2) is 46.9 Å². The Balaban J connectivity index is 2.11. The van der Waals surface area contributed by atoms with Gasteiger partial charge in [0.1, 0.15) is 11.6 Å². The van der Waals surface area contributed by atoms with Gasteiger partial charge in [-0.2, -0.15) is 0 Å². The molecular weight excluding hydrogens is 336 g/mol. The molecule has 0 aliphatic heterocycles. The van der Waals surface area contributed by atoms with Crippen molar-refractivity contribution in [2.75, 3.05) is 13.6 Å². The largest absolute Gasteiger partial charge is 0.319 e. The zero-order valence-electron chi connectivity index (χ0n) is 11.9. The minimum atomic E-state index is -0.391. The van der Waals surface area contributed by atoms with Crippen molar-refractivity contribution in [2.45, 2.75) is 12.8 Å². The summed E-state index contributed by atoms with van der Waals surface area (Å²) in [6.07, 6.45) is 1.34. The highest BCUT2D eigenvalue weighted by Gasteiger charge is 2.13. The maximum atomic E-state index is 13.8. The summed E-state index contributed by atoms with van der Waals surface area (Å²) < 4.78 is 28.1. The van der Waals surface area contributed by atoms with E-state index in [1.165, 1.54) is 17.7 Å². The van der Waals surface area contributed by atoms with Crippen LogP contribution >= 0.6 is 15.9 Å². The Labute approximate surface area is 132 Å². The van der Waals surface area contributed by atoms with E-state index in [2.05, 4.69) is 33.4 Å². The van der Waals surface area contributed by atoms with Crippen molar-refractivity contribution < 1.29 is 8.78 Å². The molecule has 1 nitrogen and oxygen atoms in total. The lowest BCUT2D eigenvalue weighted by Gasteiger charge is -2.17. The number of benzene rings is 2. The molecular formula is C17H18BrF2N. The van der Waals surface area contributed by atoms with Gasteiger partial charge in [0.05, 0.1) is 0 Å². The second kappa shape index (κ2) is 7.66. The number of hydrogen-bond acceptors (Lipinski definition) is 1. The molecule has 0 aliphatic carbocycles. The molecule has 2 rings (SSSR count). The van der Waals surface area contributed by atoms with Crippen molar-refractivity contribution in [1.29, 1.82) is 0 Å². The highest BCUT2D eigenvalue weighted by Crippen LogP contribution is 2.19. The molecule has 0 aliphatic rings. The van der Waals surface area contributed by atoms with Gasteiger partial charge in [0.15, 0.2) is 0 Å². The first-order chi connectivity index (χ1) is 10.1. The second-order valence-electron chi connectivity index (χ2n) is 5.19. The Hall–Kier alpha value is -1.26. The summed E-state index contributed by atoms with van der Waals surface area (Å²) in [5.74, 6) is -0.515. The van der Waals surface area contributed by atoms with Crippen LogP contribution in [0.4, 0.5) is 8.78 Å². The molecule has 1 atom stereocenters. The smallest absolute Gasteiger partial charge is 0.126 e. The topological polar surface area (TPSA) is 12.0 Å². The minimum Gasteiger partial charge on any atom is -0.319 e. The standard InChI is InChI=1S/C17H18BrF2N/c1-21-11-13(8-12-2-4-15(18)5-3-12)9-14-10-16(19)6-7-17(14)20/h2-7,10,13,21H,8-9,11H2,1H3. The monoisotopic (exact) mass is 353 g/mol. The molecule has 0 fully saturated rings. The molecule has 1 unspecified atom stereocenters. The molecule has 0 amide bonds. The zero-order chi connectivity index (χ0) is 15.2. The molecule has 2 aromatic rings. The number of hydrogen-bond donors (Lipinski definition) is 1. The molecule has 0 spiro atoms. The summed E-state index contributed by atoms with van der Waals surface area (Å²) in [5.41, 5.74) is 1.63. The Morgan fingerprint density at radius 3 is 2.43 bits per heavy atom. The van der Waals surface area contributed by atoms with Crippen LogP contribution in [0.25, 0.3) is 0 Å². The van der Waals surface area contributed by atoms with Gasteiger partial charge in [-0.05, 0) is 73.8 Å². The average Bonchev–Trinajstić information content (AvgIpc) is 2.45. The van der Waals surface area contributed by atoms with Gasteiger partial charge in [-0.3, -0.25) is 0 Å². The molecule has 0 aromatic heterocycles. The minimum absolute atomic E-state index is 0.215. The fraction of sp³-hybridized carbons (Fsp3) is 0.294. The Morgan fingerprint density at radius 1 is 1.05 bits per heavy atom. The maximum absolute atomic E-state index is 13.8. The van der Waals surface area contributed by atoms with E-state index in [-0.39, 0.29) is 11.7 Å². The van der Waals surface area contributed by atoms with Gasteiger partial charge < -0.3 is 5.32 Å². The fourth-order valence-corrected chi connectivity index (χ4v) is 2.73. The van der Waals surface area contributed by atoms with Crippen LogP contribution in [0.1, 0.15) is 11.1 Å². The third-order valence-corrected chi connectivity index (χ3v) is 3.98. The van der Waals surface area contributed by atoms with Gasteiger partial charge in [0.25, 0.3) is 0 Å². The Morgan fingerprint density at radius 2 is 1.76 bits per heavy atom. The van der Waals surface area contributed by atoms with Crippen LogP contribution in [-0.2, 0) is 12.8 Å². The van der Waals surface area contributed by atoms with Crippen LogP contribution in [0.5, 0.6) is 0 Å². The SMILES string of the molecule is CNCC(Cc1ccc(Br)cc1)Cc1cc(F)ccc1F. The highest BCUT2D eigenvalue weighted by molar-refractivity contribution is 9.10. The van der Waals surface area contributed by atoms with Gasteiger partial charge in [-0.1, -0.05) is 28.1 Å². The van der Waals surface area contributed by atoms with E-state index in [1.54, 1.807) is 0 Å². The van der Waals surface area contributed by atoms with Crippen molar-refractivity contribution in [3.05, 3.63) is 69.7 Å². The molecule has 0 radical (unpaired) electrons. The molecule has 0 saturated carbocycles. The molecule has 21 heavy (non-hydrogen) atoms. The molecule has 1 N–H and O–H groups in total. The molecule has 2 aromatic carbocycles. The lowest BCUT2D eigenvalue weighted by Crippen LogP contribution is -2.23. The predicted octanol–water partition coefficient (Wildman–Crippen LogP) is 4.35. The predicted molar refractivity (Wildman–Crippen MR) is 85.3 cm³/mol. The summed E-state index contributed by atoms with van der Waals surface area (Å²) in [6, 6.07) is 11.7. The van der Waals surface area contributed by atoms with E-state index >= 15 is 0 Å². The van der Waals surface area contributed by atoms with E-state index < -0.39 is 5.82 Å². The van der Waals surface area contributed by atoms with Crippen LogP contribution in [0.2, 0.25) is 0 Å². The summed E-state index contributed by atoms with van der Waals surface area (Å²) >= 11 is 3.41. The third kappa shape index (κ3) is 4.90. The number of halogens is 3. The second-order valence-corrected chi connectivity index (χ2v) is 6.11. The van der Waals surface area contributed by atoms with E-state index in [1.807, 2.05) is 19.2 Å². The summed E-state index contributed by atoms with van der Waals surface area (Å²) in [5, 5.41) is 3.13. The molecule has 0 saturated heterocycles. The Kier molecular flexibility index (Phi) is 5.88. The molecule has 112 valence electrons. The van der Waals surface area contributed by atoms with Crippen molar-refractivity contribution in [3.8, 4) is 0 Å². The third-order valence-electron chi connectivity index (χ3n) is 3.45. The van der Waals surface area contributed by atoms with Crippen LogP contribution in [0, 0.1) is 17.6 Å². The molecule has 4 heteroatoms. The van der Waals surface area contributed by atoms with E-state index in [0.29, 0.717) is 12.0 Å². The van der Waals surface area contributed by atoms with Crippen LogP contribution < -0.4 is 5.32 Å². The van der Waals surface area contributed by atoms with Gasteiger partial charge in [-0.25, -0.2) is 8.78 Å². The van der Waals surface area contributed by atoms with Crippen molar-refractivity contribution >= 4 is 15.9 Å². The van der Waals surface area contributed by atoms with Gasteiger partial charge in [0, 0.05) is 4.47 Å². The lowest BCUT2D eigenvalue weighted by atomic mass is 9.92. The highest BCUT2D eigenvalue weighted by atomic mass is 79.9. The quantitative estimate of drug-likeness (QED) is 0.813. The lowest BCUT2D eigenvalue weighted by molar-refractivity contribution is 0.477. The first-order valence-electron chi connectivity index (χ1n) is 6.91. The average molecular weight is 354 g/mol. The zero-order valence-corrected chi connectivity index (χ0v) is 13.5. The van der Waals surface area contributed by atoms with Crippen molar-refractivity contribution in [1.82, 2.24) is 5.32 Å². The molecule has 0 bridgehead atoms. The fourth-order valence-electron chi connectivity index (χ4n) is 2.47. The number of rotatable bonds is 6. The van der Waals surface area contributed by atoms with E-state index in [0.717, 1.165) is 23.5 Å².